The Balaban J connectivity index is 0.000000239. The molecule has 5 nitrogen and oxygen atoms in total. The molecule has 0 bridgehead atoms. The normalized spacial score (nSPS) is 16.0. The molecule has 7 rings (SSSR count). The highest BCUT2D eigenvalue weighted by Crippen LogP contribution is 2.52. The molecule has 0 saturated heterocycles. The quantitative estimate of drug-likeness (QED) is 0.177. The number of hydrogen-bond acceptors (Lipinski definition) is 5. The summed E-state index contributed by atoms with van der Waals surface area (Å²) in [7, 11) is 1.36. The van der Waals surface area contributed by atoms with E-state index in [-0.39, 0.29) is 17.9 Å². The maximum absolute atomic E-state index is 13.9. The summed E-state index contributed by atoms with van der Waals surface area (Å²) < 4.78 is 51.5. The van der Waals surface area contributed by atoms with Crippen LogP contribution >= 0.6 is 0 Å². The van der Waals surface area contributed by atoms with Crippen LogP contribution in [0.5, 0.6) is 5.75 Å². The molecule has 0 amide bonds. The Bertz CT molecular complexity index is 2100. The van der Waals surface area contributed by atoms with Crippen molar-refractivity contribution in [1.82, 2.24) is 0 Å². The van der Waals surface area contributed by atoms with E-state index in [0.717, 1.165) is 46.1 Å². The van der Waals surface area contributed by atoms with Crippen molar-refractivity contribution >= 4 is 33.8 Å². The van der Waals surface area contributed by atoms with Crippen molar-refractivity contribution < 1.29 is 32.2 Å². The summed E-state index contributed by atoms with van der Waals surface area (Å²) >= 11 is 0. The lowest BCUT2D eigenvalue weighted by atomic mass is 9.67. The topological polar surface area (TPSA) is 78.6 Å². The van der Waals surface area contributed by atoms with Crippen LogP contribution in [-0.4, -0.2) is 19.0 Å². The third kappa shape index (κ3) is 6.01. The highest BCUT2D eigenvalue weighted by Gasteiger charge is 2.36. The number of nitrogens with two attached hydrogens (primary N) is 1. The fraction of sp³-hybridized carbons (Fsp3) is 0.225. The van der Waals surface area contributed by atoms with Crippen LogP contribution in [0.1, 0.15) is 54.5 Å². The highest BCUT2D eigenvalue weighted by atomic mass is 19.4. The standard InChI is InChI=1S/C29H24F3NO.C11H10O3/c1-28(2)11-5-8-22-23-10-9-17-12-20(29(30,31)32)14-24(21-7-4-3-6-18(21)15-33)26(17)27(23)19(16-34)13-25(22)28;1-13-11(12)9-6-8-4-2-3-5-10(8)14-7-9/h3-10,12,14H,11,13,15,33H2,1-2H3;2-5,7H,6H2,1H3. The number of methoxy groups -OCH3 is 1. The molecule has 8 heteroatoms. The minimum absolute atomic E-state index is 0.117. The summed E-state index contributed by atoms with van der Waals surface area (Å²) in [5.41, 5.74) is 12.7. The smallest absolute Gasteiger partial charge is 0.416 e. The largest absolute Gasteiger partial charge is 0.466 e. The molecule has 4 aromatic carbocycles. The maximum atomic E-state index is 13.9. The number of esters is 1. The van der Waals surface area contributed by atoms with E-state index in [9.17, 15) is 22.8 Å². The zero-order valence-corrected chi connectivity index (χ0v) is 26.8. The minimum Gasteiger partial charge on any atom is -0.466 e. The van der Waals surface area contributed by atoms with E-state index in [0.29, 0.717) is 51.5 Å². The van der Waals surface area contributed by atoms with Crippen LogP contribution in [0, 0.1) is 5.41 Å². The van der Waals surface area contributed by atoms with Crippen molar-refractivity contribution in [3.8, 4) is 16.9 Å². The third-order valence-corrected chi connectivity index (χ3v) is 9.23. The third-order valence-electron chi connectivity index (χ3n) is 9.23. The molecule has 48 heavy (non-hydrogen) atoms. The van der Waals surface area contributed by atoms with Gasteiger partial charge in [-0.25, -0.2) is 9.59 Å². The summed E-state index contributed by atoms with van der Waals surface area (Å²) in [6, 6.07) is 20.8. The Labute approximate surface area is 276 Å². The van der Waals surface area contributed by atoms with Gasteiger partial charge in [-0.3, -0.25) is 0 Å². The lowest BCUT2D eigenvalue weighted by Gasteiger charge is -2.36. The van der Waals surface area contributed by atoms with Gasteiger partial charge in [-0.1, -0.05) is 86.2 Å². The zero-order chi connectivity index (χ0) is 34.2. The molecule has 0 unspecified atom stereocenters. The summed E-state index contributed by atoms with van der Waals surface area (Å²) in [4.78, 5) is 23.5. The molecule has 2 N–H and O–H groups in total. The molecule has 0 radical (unpaired) electrons. The van der Waals surface area contributed by atoms with Crippen molar-refractivity contribution in [3.63, 3.8) is 0 Å². The first-order valence-corrected chi connectivity index (χ1v) is 15.6. The Kier molecular flexibility index (Phi) is 8.73. The van der Waals surface area contributed by atoms with Crippen LogP contribution in [0.25, 0.3) is 33.0 Å². The van der Waals surface area contributed by atoms with Gasteiger partial charge in [0.2, 0.25) is 0 Å². The molecule has 3 aliphatic rings. The molecular weight excluding hydrogens is 615 g/mol. The number of allylic oxidation sites excluding steroid dienone is 5. The van der Waals surface area contributed by atoms with Crippen LogP contribution in [0.3, 0.4) is 0 Å². The Morgan fingerprint density at radius 3 is 2.46 bits per heavy atom. The van der Waals surface area contributed by atoms with Crippen molar-refractivity contribution in [2.75, 3.05) is 7.11 Å². The van der Waals surface area contributed by atoms with E-state index in [1.54, 1.807) is 18.2 Å². The van der Waals surface area contributed by atoms with Crippen LogP contribution < -0.4 is 10.5 Å². The van der Waals surface area contributed by atoms with E-state index in [1.165, 1.54) is 19.4 Å². The second-order valence-electron chi connectivity index (χ2n) is 12.6. The van der Waals surface area contributed by atoms with Gasteiger partial charge in [-0.05, 0) is 74.2 Å². The Morgan fingerprint density at radius 2 is 1.73 bits per heavy atom. The molecule has 1 heterocycles. The molecule has 1 aliphatic heterocycles. The predicted octanol–water partition coefficient (Wildman–Crippen LogP) is 9.02. The van der Waals surface area contributed by atoms with E-state index in [4.69, 9.17) is 10.5 Å². The van der Waals surface area contributed by atoms with E-state index in [1.807, 2.05) is 42.5 Å². The second kappa shape index (κ2) is 12.8. The molecule has 0 atom stereocenters. The lowest BCUT2D eigenvalue weighted by molar-refractivity contribution is -0.137. The number of hydrogen-bond donors (Lipinski definition) is 1. The fourth-order valence-corrected chi connectivity index (χ4v) is 6.74. The van der Waals surface area contributed by atoms with Gasteiger partial charge in [0.1, 0.15) is 18.0 Å². The lowest BCUT2D eigenvalue weighted by Crippen LogP contribution is -2.21. The van der Waals surface area contributed by atoms with Gasteiger partial charge in [0.15, 0.2) is 0 Å². The van der Waals surface area contributed by atoms with Crippen molar-refractivity contribution in [3.05, 3.63) is 130 Å². The summed E-state index contributed by atoms with van der Waals surface area (Å²) in [6.07, 6.45) is 3.01. The maximum Gasteiger partial charge on any atom is 0.416 e. The Hall–Kier alpha value is -5.17. The van der Waals surface area contributed by atoms with E-state index in [2.05, 4.69) is 36.7 Å². The van der Waals surface area contributed by atoms with Crippen LogP contribution in [0.2, 0.25) is 0 Å². The van der Waals surface area contributed by atoms with Gasteiger partial charge in [-0.15, -0.1) is 0 Å². The van der Waals surface area contributed by atoms with Crippen molar-refractivity contribution in [2.45, 2.75) is 45.8 Å². The first-order chi connectivity index (χ1) is 23.0. The first-order valence-electron chi connectivity index (χ1n) is 15.6. The molecule has 0 spiro atoms. The first kappa shape index (κ1) is 32.8. The zero-order valence-electron chi connectivity index (χ0n) is 26.8. The van der Waals surface area contributed by atoms with Crippen LogP contribution in [0.15, 0.2) is 102 Å². The van der Waals surface area contributed by atoms with Crippen LogP contribution in [0.4, 0.5) is 13.2 Å². The van der Waals surface area contributed by atoms with Gasteiger partial charge < -0.3 is 15.2 Å². The SMILES string of the molecule is CC1(C)CC=CC2=C1CC(=C=O)c1c2ccc2cc(C(F)(F)F)cc(-c3ccccc3CN)c12.COC(=O)C1=COc2ccccc2C1. The summed E-state index contributed by atoms with van der Waals surface area (Å²) in [5.74, 6) is 2.61. The van der Waals surface area contributed by atoms with Gasteiger partial charge in [0.25, 0.3) is 0 Å². The van der Waals surface area contributed by atoms with Gasteiger partial charge in [0, 0.05) is 30.5 Å². The van der Waals surface area contributed by atoms with E-state index < -0.39 is 11.7 Å². The fourth-order valence-electron chi connectivity index (χ4n) is 6.74. The minimum atomic E-state index is -4.51. The Morgan fingerprint density at radius 1 is 0.979 bits per heavy atom. The number of carbonyl (C=O) groups excluding carboxylic acids is 2. The number of rotatable bonds is 3. The van der Waals surface area contributed by atoms with Gasteiger partial charge >= 0.3 is 12.1 Å². The molecule has 0 aromatic heterocycles. The number of ether oxygens (including phenoxy) is 2. The van der Waals surface area contributed by atoms with Gasteiger partial charge in [-0.2, -0.15) is 13.2 Å². The number of alkyl halides is 3. The van der Waals surface area contributed by atoms with Crippen LogP contribution in [-0.2, 0) is 33.5 Å². The summed E-state index contributed by atoms with van der Waals surface area (Å²) in [5, 5.41) is 1.07. The number of benzene rings is 4. The molecule has 0 saturated carbocycles. The van der Waals surface area contributed by atoms with Crippen molar-refractivity contribution in [1.29, 1.82) is 0 Å². The number of fused-ring (bicyclic) bond motifs is 5. The van der Waals surface area contributed by atoms with E-state index >= 15 is 0 Å². The monoisotopic (exact) mass is 649 g/mol. The number of carbonyl (C=O) groups is 1. The second-order valence-corrected chi connectivity index (χ2v) is 12.6. The molecule has 4 aromatic rings. The average molecular weight is 650 g/mol. The van der Waals surface area contributed by atoms with Gasteiger partial charge in [0.05, 0.1) is 18.2 Å². The molecule has 0 fully saturated rings. The van der Waals surface area contributed by atoms with Crippen molar-refractivity contribution in [2.24, 2.45) is 11.1 Å². The molecule has 2 aliphatic carbocycles. The molecular formula is C40H34F3NO4. The summed E-state index contributed by atoms with van der Waals surface area (Å²) in [6.45, 7) is 4.49. The number of halogens is 3. The highest BCUT2D eigenvalue weighted by molar-refractivity contribution is 6.13. The molecule has 244 valence electrons. The predicted molar refractivity (Wildman–Crippen MR) is 181 cm³/mol. The number of para-hydroxylation sites is 1. The average Bonchev–Trinajstić information content (AvgIpc) is 3.09.